The Morgan fingerprint density at radius 2 is 2.00 bits per heavy atom. The van der Waals surface area contributed by atoms with Crippen LogP contribution in [0.25, 0.3) is 0 Å². The third-order valence-corrected chi connectivity index (χ3v) is 5.02. The molecule has 0 saturated heterocycles. The Hall–Kier alpha value is -1.89. The van der Waals surface area contributed by atoms with Crippen molar-refractivity contribution in [3.63, 3.8) is 0 Å². The van der Waals surface area contributed by atoms with Crippen LogP contribution in [0.1, 0.15) is 55.0 Å². The molecule has 0 aliphatic carbocycles. The quantitative estimate of drug-likeness (QED) is 0.910. The Morgan fingerprint density at radius 3 is 2.46 bits per heavy atom. The summed E-state index contributed by atoms with van der Waals surface area (Å²) in [4.78, 5) is 20.0. The van der Waals surface area contributed by atoms with Gasteiger partial charge in [0.25, 0.3) is 0 Å². The van der Waals surface area contributed by atoms with Crippen molar-refractivity contribution in [1.82, 2.24) is 19.7 Å². The van der Waals surface area contributed by atoms with E-state index in [0.29, 0.717) is 5.82 Å². The van der Waals surface area contributed by atoms with Crippen molar-refractivity contribution in [2.45, 2.75) is 53.0 Å². The fourth-order valence-corrected chi connectivity index (χ4v) is 3.35. The SMILES string of the molecule is Cc1nc([C@H](C)N(C)C(=O)Nc2cc(C(C)(C)C)nn2C)c(C)s1. The molecule has 0 aliphatic rings. The van der Waals surface area contributed by atoms with E-state index in [1.165, 1.54) is 0 Å². The average Bonchev–Trinajstić information content (AvgIpc) is 2.99. The summed E-state index contributed by atoms with van der Waals surface area (Å²) in [5.74, 6) is 0.690. The third-order valence-electron chi connectivity index (χ3n) is 4.12. The Bertz CT molecular complexity index is 741. The number of anilines is 1. The Balaban J connectivity index is 2.15. The van der Waals surface area contributed by atoms with Gasteiger partial charge >= 0.3 is 6.03 Å². The summed E-state index contributed by atoms with van der Waals surface area (Å²) in [6, 6.07) is 1.66. The van der Waals surface area contributed by atoms with Crippen molar-refractivity contribution in [3.8, 4) is 0 Å². The van der Waals surface area contributed by atoms with Crippen molar-refractivity contribution >= 4 is 23.2 Å². The molecule has 6 nitrogen and oxygen atoms in total. The van der Waals surface area contributed by atoms with Crippen LogP contribution in [-0.4, -0.2) is 32.7 Å². The maximum Gasteiger partial charge on any atom is 0.323 e. The molecule has 0 unspecified atom stereocenters. The number of aryl methyl sites for hydroxylation is 3. The number of carbonyl (C=O) groups is 1. The Morgan fingerprint density at radius 1 is 1.38 bits per heavy atom. The molecule has 0 fully saturated rings. The second-order valence-corrected chi connectivity index (χ2v) is 8.59. The van der Waals surface area contributed by atoms with Gasteiger partial charge < -0.3 is 4.90 Å². The maximum absolute atomic E-state index is 12.6. The van der Waals surface area contributed by atoms with E-state index in [2.05, 4.69) is 36.2 Å². The van der Waals surface area contributed by atoms with E-state index in [0.717, 1.165) is 21.3 Å². The topological polar surface area (TPSA) is 63.1 Å². The van der Waals surface area contributed by atoms with Crippen LogP contribution in [0.2, 0.25) is 0 Å². The fraction of sp³-hybridized carbons (Fsp3) is 0.588. The second kappa shape index (κ2) is 6.55. The highest BCUT2D eigenvalue weighted by Crippen LogP contribution is 2.27. The monoisotopic (exact) mass is 349 g/mol. The highest BCUT2D eigenvalue weighted by molar-refractivity contribution is 7.11. The largest absolute Gasteiger partial charge is 0.323 e. The predicted molar refractivity (Wildman–Crippen MR) is 98.7 cm³/mol. The number of urea groups is 1. The van der Waals surface area contributed by atoms with Crippen LogP contribution in [0.4, 0.5) is 10.6 Å². The molecule has 2 aromatic heterocycles. The highest BCUT2D eigenvalue weighted by Gasteiger charge is 2.24. The molecule has 0 aliphatic heterocycles. The number of aromatic nitrogens is 3. The van der Waals surface area contributed by atoms with Gasteiger partial charge in [-0.25, -0.2) is 9.78 Å². The first-order valence-electron chi connectivity index (χ1n) is 8.03. The molecule has 2 rings (SSSR count). The smallest absolute Gasteiger partial charge is 0.319 e. The summed E-state index contributed by atoms with van der Waals surface area (Å²) >= 11 is 1.66. The van der Waals surface area contributed by atoms with Crippen LogP contribution in [0.3, 0.4) is 0 Å². The van der Waals surface area contributed by atoms with E-state index in [9.17, 15) is 4.79 Å². The Labute approximate surface area is 147 Å². The van der Waals surface area contributed by atoms with E-state index in [1.54, 1.807) is 28.0 Å². The van der Waals surface area contributed by atoms with Crippen LogP contribution < -0.4 is 5.32 Å². The molecule has 7 heteroatoms. The molecule has 1 atom stereocenters. The minimum absolute atomic E-state index is 0.0604. The van der Waals surface area contributed by atoms with Crippen molar-refractivity contribution in [1.29, 1.82) is 0 Å². The molecule has 24 heavy (non-hydrogen) atoms. The average molecular weight is 350 g/mol. The summed E-state index contributed by atoms with van der Waals surface area (Å²) in [6.07, 6.45) is 0. The molecule has 2 heterocycles. The first kappa shape index (κ1) is 18.4. The lowest BCUT2D eigenvalue weighted by molar-refractivity contribution is 0.207. The zero-order valence-corrected chi connectivity index (χ0v) is 16.6. The third kappa shape index (κ3) is 3.77. The van der Waals surface area contributed by atoms with Crippen molar-refractivity contribution in [2.75, 3.05) is 12.4 Å². The Kier molecular flexibility index (Phi) is 5.03. The minimum atomic E-state index is -0.170. The van der Waals surface area contributed by atoms with Crippen molar-refractivity contribution in [3.05, 3.63) is 27.3 Å². The number of amides is 2. The minimum Gasteiger partial charge on any atom is -0.319 e. The molecule has 0 spiro atoms. The van der Waals surface area contributed by atoms with Gasteiger partial charge in [-0.05, 0) is 20.8 Å². The van der Waals surface area contributed by atoms with Crippen LogP contribution in [0.5, 0.6) is 0 Å². The number of rotatable bonds is 3. The van der Waals surface area contributed by atoms with E-state index < -0.39 is 0 Å². The lowest BCUT2D eigenvalue weighted by Crippen LogP contribution is -2.34. The first-order chi connectivity index (χ1) is 11.0. The molecule has 2 amide bonds. The van der Waals surface area contributed by atoms with Gasteiger partial charge in [0, 0.05) is 30.5 Å². The van der Waals surface area contributed by atoms with E-state index in [4.69, 9.17) is 0 Å². The van der Waals surface area contributed by atoms with Crippen molar-refractivity contribution < 1.29 is 4.79 Å². The molecule has 1 N–H and O–H groups in total. The number of hydrogen-bond donors (Lipinski definition) is 1. The van der Waals surface area contributed by atoms with E-state index >= 15 is 0 Å². The fourth-order valence-electron chi connectivity index (χ4n) is 2.44. The number of thiazole rings is 1. The standard InChI is InChI=1S/C17H27N5OS/c1-10(15-11(2)24-12(3)18-15)21(7)16(23)19-14-9-13(17(4,5)6)20-22(14)8/h9-10H,1-8H3,(H,19,23)/t10-/m0/s1. The van der Waals surface area contributed by atoms with Gasteiger partial charge in [0.05, 0.1) is 22.4 Å². The molecule has 0 bridgehead atoms. The zero-order valence-electron chi connectivity index (χ0n) is 15.8. The van der Waals surface area contributed by atoms with Gasteiger partial charge in [0.15, 0.2) is 0 Å². The second-order valence-electron chi connectivity index (χ2n) is 7.18. The molecule has 2 aromatic rings. The van der Waals surface area contributed by atoms with Crippen LogP contribution in [0.15, 0.2) is 6.07 Å². The molecule has 132 valence electrons. The lowest BCUT2D eigenvalue weighted by Gasteiger charge is -2.24. The first-order valence-corrected chi connectivity index (χ1v) is 8.84. The summed E-state index contributed by atoms with van der Waals surface area (Å²) in [5.41, 5.74) is 1.84. The van der Waals surface area contributed by atoms with Gasteiger partial charge in [0.1, 0.15) is 5.82 Å². The van der Waals surface area contributed by atoms with Crippen molar-refractivity contribution in [2.24, 2.45) is 7.05 Å². The summed E-state index contributed by atoms with van der Waals surface area (Å²) < 4.78 is 1.70. The molecular weight excluding hydrogens is 322 g/mol. The van der Waals surface area contributed by atoms with Crippen LogP contribution >= 0.6 is 11.3 Å². The summed E-state index contributed by atoms with van der Waals surface area (Å²) in [5, 5.41) is 8.45. The summed E-state index contributed by atoms with van der Waals surface area (Å²) in [7, 11) is 3.62. The molecule has 0 radical (unpaired) electrons. The zero-order chi connectivity index (χ0) is 18.2. The molecular formula is C17H27N5OS. The normalized spacial score (nSPS) is 13.0. The summed E-state index contributed by atoms with van der Waals surface area (Å²) in [6.45, 7) is 12.3. The van der Waals surface area contributed by atoms with E-state index in [-0.39, 0.29) is 17.5 Å². The number of nitrogens with one attached hydrogen (secondary N) is 1. The molecule has 0 saturated carbocycles. The van der Waals surface area contributed by atoms with Crippen LogP contribution in [0, 0.1) is 13.8 Å². The predicted octanol–water partition coefficient (Wildman–Crippen LogP) is 4.02. The van der Waals surface area contributed by atoms with Crippen LogP contribution in [-0.2, 0) is 12.5 Å². The highest BCUT2D eigenvalue weighted by atomic mass is 32.1. The number of nitrogens with zero attached hydrogens (tertiary/aromatic N) is 4. The maximum atomic E-state index is 12.6. The van der Waals surface area contributed by atoms with Gasteiger partial charge in [-0.3, -0.25) is 10.00 Å². The van der Waals surface area contributed by atoms with Gasteiger partial charge in [-0.1, -0.05) is 20.8 Å². The van der Waals surface area contributed by atoms with Gasteiger partial charge in [-0.2, -0.15) is 5.10 Å². The lowest BCUT2D eigenvalue weighted by atomic mass is 9.92. The number of carbonyl (C=O) groups excluding carboxylic acids is 1. The van der Waals surface area contributed by atoms with Gasteiger partial charge in [0.2, 0.25) is 0 Å². The number of hydrogen-bond acceptors (Lipinski definition) is 4. The van der Waals surface area contributed by atoms with Gasteiger partial charge in [-0.15, -0.1) is 11.3 Å². The van der Waals surface area contributed by atoms with E-state index in [1.807, 2.05) is 33.9 Å². The molecule has 0 aromatic carbocycles.